The van der Waals surface area contributed by atoms with Crippen molar-refractivity contribution in [3.8, 4) is 0 Å². The van der Waals surface area contributed by atoms with Crippen LogP contribution in [0.15, 0.2) is 24.3 Å². The zero-order valence-corrected chi connectivity index (χ0v) is 42.9. The molecule has 0 aromatic carbocycles. The summed E-state index contributed by atoms with van der Waals surface area (Å²) in [4.78, 5) is 21.7. The molecule has 0 saturated heterocycles. The van der Waals surface area contributed by atoms with Crippen LogP contribution < -0.4 is 0 Å². The van der Waals surface area contributed by atoms with Gasteiger partial charge in [0.2, 0.25) is 0 Å². The van der Waals surface area contributed by atoms with Gasteiger partial charge in [-0.1, -0.05) is 137 Å². The second kappa shape index (κ2) is 23.6. The minimum atomic E-state index is -5.22. The van der Waals surface area contributed by atoms with Gasteiger partial charge in [0.25, 0.3) is 11.8 Å². The lowest BCUT2D eigenvalue weighted by Crippen LogP contribution is -2.45. The fraction of sp³-hybridized carbons (Fsp3) is 0.870. The highest BCUT2D eigenvalue weighted by Gasteiger charge is 2.57. The van der Waals surface area contributed by atoms with Crippen molar-refractivity contribution in [2.75, 3.05) is 0 Å². The molecule has 0 aliphatic rings. The standard InChI is InChI=1S/2C11H20F2.C10H18F2O2.C8H12F6.C6H9F3O2/c2*1-9(2,3)7-8-11(12,13)10(4,5)6;1-8(2,3)10(11,12)7(13)14-9(4,5)6;1-6(2,3)4-5(7(9,10)11)8(12,13)14;1-5(2,3)4(10)11-6(7,8)9/h2*7-8H,1-6H3;1-6H3;5H,4H2,1-3H3;1-3H3/b8-7+;8-7-;;;. The maximum atomic E-state index is 13.4. The summed E-state index contributed by atoms with van der Waals surface area (Å²) in [5.74, 6) is -14.9. The van der Waals surface area contributed by atoms with E-state index in [0.29, 0.717) is 0 Å². The Hall–Kier alpha value is -2.63. The number of alkyl halides is 15. The van der Waals surface area contributed by atoms with Crippen LogP contribution in [0.2, 0.25) is 0 Å². The van der Waals surface area contributed by atoms with Gasteiger partial charge in [0.1, 0.15) is 5.60 Å². The molecule has 0 amide bonds. The van der Waals surface area contributed by atoms with E-state index >= 15 is 0 Å². The maximum absolute atomic E-state index is 13.4. The predicted molar refractivity (Wildman–Crippen MR) is 228 cm³/mol. The molecular weight excluding hydrogens is 901 g/mol. The third kappa shape index (κ3) is 36.1. The number of rotatable bonds is 4. The highest BCUT2D eigenvalue weighted by Crippen LogP contribution is 2.45. The van der Waals surface area contributed by atoms with E-state index in [1.54, 1.807) is 74.5 Å². The normalized spacial score (nSPS) is 14.6. The van der Waals surface area contributed by atoms with Crippen LogP contribution in [0.4, 0.5) is 65.9 Å². The van der Waals surface area contributed by atoms with Crippen LogP contribution in [0.3, 0.4) is 0 Å². The molecule has 0 bridgehead atoms. The minimum absolute atomic E-state index is 0.186. The van der Waals surface area contributed by atoms with Crippen LogP contribution in [0.1, 0.15) is 173 Å². The predicted octanol–water partition coefficient (Wildman–Crippen LogP) is 17.8. The van der Waals surface area contributed by atoms with E-state index in [-0.39, 0.29) is 10.8 Å². The molecule has 0 rings (SSSR count). The second-order valence-corrected chi connectivity index (χ2v) is 24.0. The van der Waals surface area contributed by atoms with Crippen molar-refractivity contribution in [2.45, 2.75) is 215 Å². The first-order valence-corrected chi connectivity index (χ1v) is 20.5. The quantitative estimate of drug-likeness (QED) is 0.160. The Morgan fingerprint density at radius 1 is 0.400 bits per heavy atom. The van der Waals surface area contributed by atoms with Crippen molar-refractivity contribution in [1.29, 1.82) is 0 Å². The van der Waals surface area contributed by atoms with Gasteiger partial charge in [0.15, 0.2) is 5.92 Å². The number of carbonyl (C=O) groups excluding carboxylic acids is 2. The maximum Gasteiger partial charge on any atom is 0.575 e. The Balaban J connectivity index is -0.000000231. The third-order valence-corrected chi connectivity index (χ3v) is 7.61. The Morgan fingerprint density at radius 2 is 0.677 bits per heavy atom. The summed E-state index contributed by atoms with van der Waals surface area (Å²) in [6.45, 7) is 37.3. The number of hydrogen-bond acceptors (Lipinski definition) is 4. The smallest absolute Gasteiger partial charge is 0.456 e. The molecule has 0 fully saturated rings. The van der Waals surface area contributed by atoms with Gasteiger partial charge in [-0.15, -0.1) is 13.2 Å². The molecule has 0 spiro atoms. The second-order valence-electron chi connectivity index (χ2n) is 24.0. The zero-order chi connectivity index (χ0) is 54.7. The van der Waals surface area contributed by atoms with Crippen molar-refractivity contribution < 1.29 is 84.9 Å². The first kappa shape index (κ1) is 71.4. The Labute approximate surface area is 379 Å². The molecule has 392 valence electrons. The van der Waals surface area contributed by atoms with Crippen molar-refractivity contribution >= 4 is 11.9 Å². The van der Waals surface area contributed by atoms with Crippen LogP contribution >= 0.6 is 0 Å². The molecule has 0 aliphatic carbocycles. The number of carbonyl (C=O) groups is 2. The van der Waals surface area contributed by atoms with E-state index in [1.807, 2.05) is 41.5 Å². The Bertz CT molecular complexity index is 1400. The molecule has 0 N–H and O–H groups in total. The molecular formula is C46H79F15O4. The molecule has 0 radical (unpaired) electrons. The van der Waals surface area contributed by atoms with Gasteiger partial charge < -0.3 is 9.47 Å². The van der Waals surface area contributed by atoms with E-state index in [0.717, 1.165) is 12.2 Å². The highest BCUT2D eigenvalue weighted by atomic mass is 19.4. The number of allylic oxidation sites excluding steroid dienone is 4. The number of ether oxygens (including phenoxy) is 2. The van der Waals surface area contributed by atoms with Gasteiger partial charge in [-0.25, -0.2) is 22.4 Å². The van der Waals surface area contributed by atoms with E-state index in [2.05, 4.69) is 9.47 Å². The van der Waals surface area contributed by atoms with Crippen molar-refractivity contribution in [3.05, 3.63) is 24.3 Å². The highest BCUT2D eigenvalue weighted by molar-refractivity contribution is 5.79. The summed E-state index contributed by atoms with van der Waals surface area (Å²) in [6, 6.07) is 0. The van der Waals surface area contributed by atoms with Gasteiger partial charge in [-0.05, 0) is 76.4 Å². The monoisotopic (exact) mass is 981 g/mol. The largest absolute Gasteiger partial charge is 0.575 e. The third-order valence-electron chi connectivity index (χ3n) is 7.61. The van der Waals surface area contributed by atoms with Crippen molar-refractivity contribution in [2.24, 2.45) is 43.8 Å². The summed E-state index contributed by atoms with van der Waals surface area (Å²) in [6.07, 6.45) is -11.1. The van der Waals surface area contributed by atoms with Crippen molar-refractivity contribution in [1.82, 2.24) is 0 Å². The lowest BCUT2D eigenvalue weighted by Gasteiger charge is -2.31. The fourth-order valence-corrected chi connectivity index (χ4v) is 3.15. The molecule has 0 atom stereocenters. The molecule has 0 aromatic rings. The molecule has 0 unspecified atom stereocenters. The van der Waals surface area contributed by atoms with Gasteiger partial charge >= 0.3 is 36.6 Å². The van der Waals surface area contributed by atoms with Crippen LogP contribution in [0, 0.1) is 43.8 Å². The van der Waals surface area contributed by atoms with E-state index in [4.69, 9.17) is 0 Å². The molecule has 0 heterocycles. The molecule has 0 saturated carbocycles. The topological polar surface area (TPSA) is 52.6 Å². The molecule has 0 aromatic heterocycles. The first-order chi connectivity index (χ1) is 27.3. The van der Waals surface area contributed by atoms with Crippen LogP contribution in [0.5, 0.6) is 0 Å². The lowest BCUT2D eigenvalue weighted by atomic mass is 9.84. The van der Waals surface area contributed by atoms with E-state index in [9.17, 15) is 75.4 Å². The summed E-state index contributed by atoms with van der Waals surface area (Å²) in [7, 11) is 0. The van der Waals surface area contributed by atoms with Gasteiger partial charge in [0, 0.05) is 16.2 Å². The van der Waals surface area contributed by atoms with Gasteiger partial charge in [-0.2, -0.15) is 35.1 Å². The summed E-state index contributed by atoms with van der Waals surface area (Å²) < 4.78 is 194. The summed E-state index contributed by atoms with van der Waals surface area (Å²) in [5, 5.41) is 0. The summed E-state index contributed by atoms with van der Waals surface area (Å²) >= 11 is 0. The fourth-order valence-electron chi connectivity index (χ4n) is 3.15. The average molecular weight is 981 g/mol. The summed E-state index contributed by atoms with van der Waals surface area (Å²) in [5.41, 5.74) is -6.81. The Kier molecular flexibility index (Phi) is 25.9. The van der Waals surface area contributed by atoms with Crippen molar-refractivity contribution in [3.63, 3.8) is 0 Å². The van der Waals surface area contributed by atoms with E-state index < -0.39 is 93.4 Å². The number of halogens is 15. The van der Waals surface area contributed by atoms with Gasteiger partial charge in [0.05, 0.1) is 5.41 Å². The van der Waals surface area contributed by atoms with Gasteiger partial charge in [-0.3, -0.25) is 4.79 Å². The number of hydrogen-bond donors (Lipinski definition) is 0. The first-order valence-electron chi connectivity index (χ1n) is 20.5. The zero-order valence-electron chi connectivity index (χ0n) is 42.9. The lowest BCUT2D eigenvalue weighted by molar-refractivity contribution is -0.309. The average Bonchev–Trinajstić information content (AvgIpc) is 2.93. The molecule has 65 heavy (non-hydrogen) atoms. The SMILES string of the molecule is CC(C)(C)/C=C/C(F)(F)C(C)(C)C.CC(C)(C)/C=C\C(F)(F)C(C)(C)C.CC(C)(C)C(=O)OC(F)(F)F.CC(C)(C)CC(C(F)(F)F)C(F)(F)F.CC(C)(C)OC(=O)C(F)(F)C(C)(C)C. The van der Waals surface area contributed by atoms with E-state index in [1.165, 1.54) is 62.3 Å². The number of esters is 2. The van der Waals surface area contributed by atoms with Crippen LogP contribution in [-0.2, 0) is 19.1 Å². The van der Waals surface area contributed by atoms with Crippen LogP contribution in [0.25, 0.3) is 0 Å². The molecule has 4 nitrogen and oxygen atoms in total. The minimum Gasteiger partial charge on any atom is -0.456 e. The molecule has 19 heteroatoms. The van der Waals surface area contributed by atoms with Crippen LogP contribution in [-0.4, -0.2) is 54.0 Å². The Morgan fingerprint density at radius 3 is 0.800 bits per heavy atom. The molecule has 0 aliphatic heterocycles.